The normalized spacial score (nSPS) is 10.5. The minimum atomic E-state index is -1.18. The molecule has 0 saturated carbocycles. The van der Waals surface area contributed by atoms with Crippen molar-refractivity contribution in [1.29, 1.82) is 0 Å². The van der Waals surface area contributed by atoms with Gasteiger partial charge in [0.05, 0.1) is 4.92 Å². The number of rotatable bonds is 4. The highest BCUT2D eigenvalue weighted by molar-refractivity contribution is 5.72. The van der Waals surface area contributed by atoms with Crippen LogP contribution in [0.3, 0.4) is 0 Å². The number of nitrogens with zero attached hydrogens (tertiary/aromatic N) is 3. The number of nitro groups is 1. The standard InChI is InChI=1S/C13H12F2N4O2/c1-3-16-13-17-7(2)12(19(20)21)11(18-13)8-5-4-6-9(14)10(8)15/h4-6H,3H2,1-2H3,(H,16,17,18). The molecule has 2 aromatic rings. The molecule has 0 aliphatic carbocycles. The van der Waals surface area contributed by atoms with Gasteiger partial charge in [-0.3, -0.25) is 10.1 Å². The van der Waals surface area contributed by atoms with Crippen molar-refractivity contribution in [3.63, 3.8) is 0 Å². The number of hydrogen-bond donors (Lipinski definition) is 1. The van der Waals surface area contributed by atoms with Crippen molar-refractivity contribution in [2.24, 2.45) is 0 Å². The van der Waals surface area contributed by atoms with Gasteiger partial charge in [-0.15, -0.1) is 0 Å². The van der Waals surface area contributed by atoms with E-state index >= 15 is 0 Å². The van der Waals surface area contributed by atoms with Gasteiger partial charge < -0.3 is 5.32 Å². The fourth-order valence-corrected chi connectivity index (χ4v) is 1.90. The van der Waals surface area contributed by atoms with Gasteiger partial charge in [0.2, 0.25) is 5.95 Å². The van der Waals surface area contributed by atoms with Crippen LogP contribution in [0.25, 0.3) is 11.3 Å². The first-order chi connectivity index (χ1) is 9.95. The number of halogens is 2. The number of benzene rings is 1. The average Bonchev–Trinajstić information content (AvgIpc) is 2.41. The van der Waals surface area contributed by atoms with Crippen molar-refractivity contribution in [3.8, 4) is 11.3 Å². The first-order valence-electron chi connectivity index (χ1n) is 6.17. The van der Waals surface area contributed by atoms with E-state index in [1.807, 2.05) is 0 Å². The summed E-state index contributed by atoms with van der Waals surface area (Å²) < 4.78 is 27.2. The number of aromatic nitrogens is 2. The van der Waals surface area contributed by atoms with Crippen LogP contribution in [0.15, 0.2) is 18.2 Å². The van der Waals surface area contributed by atoms with Gasteiger partial charge in [0.25, 0.3) is 0 Å². The summed E-state index contributed by atoms with van der Waals surface area (Å²) in [5.41, 5.74) is -0.891. The molecular formula is C13H12F2N4O2. The summed E-state index contributed by atoms with van der Waals surface area (Å²) in [6.45, 7) is 3.70. The van der Waals surface area contributed by atoms with Gasteiger partial charge >= 0.3 is 5.69 Å². The molecule has 1 N–H and O–H groups in total. The zero-order valence-corrected chi connectivity index (χ0v) is 11.4. The first-order valence-corrected chi connectivity index (χ1v) is 6.17. The molecule has 1 aromatic heterocycles. The Balaban J connectivity index is 2.75. The molecule has 0 amide bonds. The van der Waals surface area contributed by atoms with Crippen molar-refractivity contribution in [2.75, 3.05) is 11.9 Å². The molecule has 8 heteroatoms. The molecule has 0 saturated heterocycles. The number of anilines is 1. The predicted molar refractivity (Wildman–Crippen MR) is 72.9 cm³/mol. The Hall–Kier alpha value is -2.64. The van der Waals surface area contributed by atoms with E-state index in [1.54, 1.807) is 6.92 Å². The van der Waals surface area contributed by atoms with Crippen molar-refractivity contribution in [1.82, 2.24) is 9.97 Å². The maximum atomic E-state index is 13.9. The lowest BCUT2D eigenvalue weighted by molar-refractivity contribution is -0.385. The van der Waals surface area contributed by atoms with E-state index in [-0.39, 0.29) is 22.9 Å². The highest BCUT2D eigenvalue weighted by Crippen LogP contribution is 2.33. The summed E-state index contributed by atoms with van der Waals surface area (Å²) in [5.74, 6) is -2.15. The second-order valence-electron chi connectivity index (χ2n) is 4.22. The van der Waals surface area contributed by atoms with Gasteiger partial charge in [-0.2, -0.15) is 0 Å². The molecular weight excluding hydrogens is 282 g/mol. The fraction of sp³-hybridized carbons (Fsp3) is 0.231. The SMILES string of the molecule is CCNc1nc(C)c([N+](=O)[O-])c(-c2cccc(F)c2F)n1. The zero-order valence-electron chi connectivity index (χ0n) is 11.4. The van der Waals surface area contributed by atoms with Gasteiger partial charge in [-0.1, -0.05) is 6.07 Å². The lowest BCUT2D eigenvalue weighted by Crippen LogP contribution is -2.08. The van der Waals surface area contributed by atoms with Gasteiger partial charge in [0.15, 0.2) is 17.3 Å². The quantitative estimate of drug-likeness (QED) is 0.692. The molecule has 0 aliphatic rings. The molecule has 0 spiro atoms. The van der Waals surface area contributed by atoms with Crippen molar-refractivity contribution in [2.45, 2.75) is 13.8 Å². The van der Waals surface area contributed by atoms with Gasteiger partial charge in [-0.25, -0.2) is 18.7 Å². The Morgan fingerprint density at radius 2 is 2.05 bits per heavy atom. The molecule has 0 atom stereocenters. The lowest BCUT2D eigenvalue weighted by atomic mass is 10.1. The summed E-state index contributed by atoms with van der Waals surface area (Å²) in [7, 11) is 0. The fourth-order valence-electron chi connectivity index (χ4n) is 1.90. The maximum absolute atomic E-state index is 13.9. The Morgan fingerprint density at radius 1 is 1.33 bits per heavy atom. The van der Waals surface area contributed by atoms with Crippen LogP contribution in [-0.4, -0.2) is 21.4 Å². The van der Waals surface area contributed by atoms with E-state index in [0.717, 1.165) is 6.07 Å². The van der Waals surface area contributed by atoms with Crippen LogP contribution in [0, 0.1) is 28.7 Å². The van der Waals surface area contributed by atoms with Crippen LogP contribution in [0.2, 0.25) is 0 Å². The van der Waals surface area contributed by atoms with Crippen LogP contribution in [0.5, 0.6) is 0 Å². The van der Waals surface area contributed by atoms with Crippen molar-refractivity contribution < 1.29 is 13.7 Å². The minimum Gasteiger partial charge on any atom is -0.354 e. The van der Waals surface area contributed by atoms with E-state index in [1.165, 1.54) is 19.1 Å². The average molecular weight is 294 g/mol. The third kappa shape index (κ3) is 2.78. The molecule has 1 aromatic carbocycles. The summed E-state index contributed by atoms with van der Waals surface area (Å²) in [5, 5.41) is 14.0. The van der Waals surface area contributed by atoms with E-state index in [2.05, 4.69) is 15.3 Å². The largest absolute Gasteiger partial charge is 0.354 e. The maximum Gasteiger partial charge on any atom is 0.316 e. The van der Waals surface area contributed by atoms with E-state index in [0.29, 0.717) is 6.54 Å². The predicted octanol–water partition coefficient (Wildman–Crippen LogP) is 3.07. The highest BCUT2D eigenvalue weighted by Gasteiger charge is 2.26. The lowest BCUT2D eigenvalue weighted by Gasteiger charge is -2.09. The Kier molecular flexibility index (Phi) is 4.06. The molecule has 21 heavy (non-hydrogen) atoms. The molecule has 0 fully saturated rings. The minimum absolute atomic E-state index is 0.0737. The van der Waals surface area contributed by atoms with Crippen LogP contribution in [-0.2, 0) is 0 Å². The summed E-state index contributed by atoms with van der Waals surface area (Å²) in [6, 6.07) is 3.44. The van der Waals surface area contributed by atoms with Gasteiger partial charge in [-0.05, 0) is 26.0 Å². The molecule has 0 radical (unpaired) electrons. The highest BCUT2D eigenvalue weighted by atomic mass is 19.2. The second-order valence-corrected chi connectivity index (χ2v) is 4.22. The van der Waals surface area contributed by atoms with Crippen LogP contribution < -0.4 is 5.32 Å². The first kappa shape index (κ1) is 14.8. The third-order valence-corrected chi connectivity index (χ3v) is 2.78. The van der Waals surface area contributed by atoms with Gasteiger partial charge in [0, 0.05) is 12.1 Å². The monoisotopic (exact) mass is 294 g/mol. The molecule has 0 aliphatic heterocycles. The molecule has 110 valence electrons. The van der Waals surface area contributed by atoms with E-state index in [9.17, 15) is 18.9 Å². The van der Waals surface area contributed by atoms with Gasteiger partial charge in [0.1, 0.15) is 5.69 Å². The van der Waals surface area contributed by atoms with E-state index < -0.39 is 22.2 Å². The molecule has 6 nitrogen and oxygen atoms in total. The zero-order chi connectivity index (χ0) is 15.6. The van der Waals surface area contributed by atoms with Crippen molar-refractivity contribution >= 4 is 11.6 Å². The van der Waals surface area contributed by atoms with Crippen molar-refractivity contribution in [3.05, 3.63) is 45.6 Å². The Morgan fingerprint density at radius 3 is 2.67 bits per heavy atom. The molecule has 2 rings (SSSR count). The van der Waals surface area contributed by atoms with Crippen LogP contribution in [0.1, 0.15) is 12.6 Å². The summed E-state index contributed by atoms with van der Waals surface area (Å²) in [6.07, 6.45) is 0. The number of aryl methyl sites for hydroxylation is 1. The number of hydrogen-bond acceptors (Lipinski definition) is 5. The molecule has 1 heterocycles. The summed E-state index contributed by atoms with van der Waals surface area (Å²) in [4.78, 5) is 18.4. The van der Waals surface area contributed by atoms with Crippen LogP contribution in [0.4, 0.5) is 20.4 Å². The second kappa shape index (κ2) is 5.78. The summed E-state index contributed by atoms with van der Waals surface area (Å²) >= 11 is 0. The topological polar surface area (TPSA) is 81.0 Å². The number of nitrogens with one attached hydrogen (secondary N) is 1. The smallest absolute Gasteiger partial charge is 0.316 e. The molecule has 0 bridgehead atoms. The van der Waals surface area contributed by atoms with Crippen LogP contribution >= 0.6 is 0 Å². The third-order valence-electron chi connectivity index (χ3n) is 2.78. The Bertz CT molecular complexity index is 707. The van der Waals surface area contributed by atoms with E-state index in [4.69, 9.17) is 0 Å². The Labute approximate surface area is 119 Å². The molecule has 0 unspecified atom stereocenters.